The summed E-state index contributed by atoms with van der Waals surface area (Å²) in [5.74, 6) is -0.709. The van der Waals surface area contributed by atoms with Crippen molar-refractivity contribution in [2.45, 2.75) is 20.3 Å². The summed E-state index contributed by atoms with van der Waals surface area (Å²) in [6.07, 6.45) is 0.542. The molecule has 0 aliphatic carbocycles. The van der Waals surface area contributed by atoms with Gasteiger partial charge in [-0.25, -0.2) is 4.39 Å². The summed E-state index contributed by atoms with van der Waals surface area (Å²) in [5, 5.41) is 0. The molecule has 1 aliphatic heterocycles. The van der Waals surface area contributed by atoms with Gasteiger partial charge in [0.2, 0.25) is 0 Å². The van der Waals surface area contributed by atoms with E-state index in [1.807, 2.05) is 6.92 Å². The van der Waals surface area contributed by atoms with Gasteiger partial charge in [0.15, 0.2) is 0 Å². The molecule has 1 aliphatic rings. The number of nitrogens with two attached hydrogens (primary N) is 1. The molecule has 2 N–H and O–H groups in total. The number of primary amides is 1. The van der Waals surface area contributed by atoms with Crippen molar-refractivity contribution in [2.75, 3.05) is 11.9 Å². The zero-order chi connectivity index (χ0) is 13.6. The number of nitrogens with zero attached hydrogens (tertiary/aromatic N) is 1. The predicted octanol–water partition coefficient (Wildman–Crippen LogP) is 2.65. The molecule has 0 saturated heterocycles. The minimum atomic E-state index is -0.463. The highest BCUT2D eigenvalue weighted by atomic mass is 79.9. The molecule has 0 aromatic heterocycles. The van der Waals surface area contributed by atoms with E-state index in [1.165, 1.54) is 6.07 Å². The van der Waals surface area contributed by atoms with E-state index in [0.29, 0.717) is 22.2 Å². The topological polar surface area (TPSA) is 46.3 Å². The fraction of sp³-hybridized carbons (Fsp3) is 0.308. The first-order chi connectivity index (χ1) is 8.34. The van der Waals surface area contributed by atoms with Gasteiger partial charge in [-0.1, -0.05) is 0 Å². The minimum absolute atomic E-state index is 0.246. The Morgan fingerprint density at radius 2 is 2.11 bits per heavy atom. The lowest BCUT2D eigenvalue weighted by Gasteiger charge is -2.32. The fourth-order valence-electron chi connectivity index (χ4n) is 2.46. The maximum Gasteiger partial charge on any atom is 0.265 e. The SMILES string of the molecule is CC1=C(C(N)=O)N(C)c2c(Br)cc(F)c(C)c2C1. The molecule has 18 heavy (non-hydrogen) atoms. The summed E-state index contributed by atoms with van der Waals surface area (Å²) in [6, 6.07) is 1.42. The molecule has 2 rings (SSSR count). The number of allylic oxidation sites excluding steroid dienone is 1. The van der Waals surface area contributed by atoms with Crippen LogP contribution < -0.4 is 10.6 Å². The monoisotopic (exact) mass is 312 g/mol. The molecule has 1 amide bonds. The molecule has 0 fully saturated rings. The summed E-state index contributed by atoms with van der Waals surface area (Å²) in [5.41, 5.74) is 9.06. The molecular weight excluding hydrogens is 299 g/mol. The third kappa shape index (κ3) is 1.82. The fourth-order valence-corrected chi connectivity index (χ4v) is 3.16. The van der Waals surface area contributed by atoms with Gasteiger partial charge in [0, 0.05) is 11.5 Å². The van der Waals surface area contributed by atoms with E-state index in [9.17, 15) is 9.18 Å². The second-order valence-electron chi connectivity index (χ2n) is 4.52. The third-order valence-corrected chi connectivity index (χ3v) is 3.93. The van der Waals surface area contributed by atoms with Crippen LogP contribution in [0.2, 0.25) is 0 Å². The van der Waals surface area contributed by atoms with E-state index in [4.69, 9.17) is 5.73 Å². The molecule has 1 heterocycles. The molecule has 3 nitrogen and oxygen atoms in total. The van der Waals surface area contributed by atoms with Crippen LogP contribution in [0.5, 0.6) is 0 Å². The van der Waals surface area contributed by atoms with Crippen molar-refractivity contribution in [3.8, 4) is 0 Å². The molecule has 0 spiro atoms. The Labute approximate surface area is 114 Å². The zero-order valence-electron chi connectivity index (χ0n) is 10.5. The van der Waals surface area contributed by atoms with Gasteiger partial charge in [0.05, 0.1) is 5.69 Å². The number of hydrogen-bond donors (Lipinski definition) is 1. The third-order valence-electron chi connectivity index (χ3n) is 3.33. The van der Waals surface area contributed by atoms with Gasteiger partial charge in [-0.05, 0) is 59.0 Å². The highest BCUT2D eigenvalue weighted by Crippen LogP contribution is 2.40. The van der Waals surface area contributed by atoms with Crippen LogP contribution >= 0.6 is 15.9 Å². The predicted molar refractivity (Wildman–Crippen MR) is 72.8 cm³/mol. The average molecular weight is 313 g/mol. The van der Waals surface area contributed by atoms with Crippen LogP contribution in [0.3, 0.4) is 0 Å². The minimum Gasteiger partial charge on any atom is -0.364 e. The summed E-state index contributed by atoms with van der Waals surface area (Å²) in [4.78, 5) is 13.2. The molecule has 0 bridgehead atoms. The molecule has 96 valence electrons. The van der Waals surface area contributed by atoms with Crippen LogP contribution in [0, 0.1) is 12.7 Å². The van der Waals surface area contributed by atoms with Crippen molar-refractivity contribution in [3.05, 3.63) is 38.8 Å². The van der Waals surface area contributed by atoms with E-state index in [2.05, 4.69) is 15.9 Å². The molecule has 1 aromatic rings. The first-order valence-corrected chi connectivity index (χ1v) is 6.34. The van der Waals surface area contributed by atoms with Crippen LogP contribution in [0.1, 0.15) is 18.1 Å². The van der Waals surface area contributed by atoms with Gasteiger partial charge in [-0.15, -0.1) is 0 Å². The molecule has 1 aromatic carbocycles. The summed E-state index contributed by atoms with van der Waals surface area (Å²) in [7, 11) is 1.77. The maximum atomic E-state index is 13.7. The van der Waals surface area contributed by atoms with E-state index in [1.54, 1.807) is 18.9 Å². The lowest BCUT2D eigenvalue weighted by Crippen LogP contribution is -2.33. The Morgan fingerprint density at radius 3 is 2.67 bits per heavy atom. The number of anilines is 1. The van der Waals surface area contributed by atoms with Crippen LogP contribution in [-0.2, 0) is 11.2 Å². The van der Waals surface area contributed by atoms with Gasteiger partial charge in [-0.2, -0.15) is 0 Å². The number of carbonyl (C=O) groups is 1. The standard InChI is InChI=1S/C13H14BrFN2O/c1-6-4-8-7(2)10(15)5-9(14)12(8)17(3)11(6)13(16)18/h5H,4H2,1-3H3,(H2,16,18). The van der Waals surface area contributed by atoms with Crippen LogP contribution in [-0.4, -0.2) is 13.0 Å². The first kappa shape index (κ1) is 13.1. The van der Waals surface area contributed by atoms with Crippen molar-refractivity contribution in [3.63, 3.8) is 0 Å². The molecule has 0 unspecified atom stereocenters. The van der Waals surface area contributed by atoms with Crippen molar-refractivity contribution < 1.29 is 9.18 Å². The average Bonchev–Trinajstić information content (AvgIpc) is 2.24. The van der Waals surface area contributed by atoms with Gasteiger partial charge in [-0.3, -0.25) is 4.79 Å². The smallest absolute Gasteiger partial charge is 0.265 e. The van der Waals surface area contributed by atoms with Gasteiger partial charge in [0.1, 0.15) is 11.5 Å². The number of likely N-dealkylation sites (N-methyl/N-ethyl adjacent to an activating group) is 1. The Balaban J connectivity index is 2.70. The number of benzene rings is 1. The van der Waals surface area contributed by atoms with Crippen LogP contribution in [0.25, 0.3) is 0 Å². The summed E-state index contributed by atoms with van der Waals surface area (Å²) < 4.78 is 14.4. The van der Waals surface area contributed by atoms with Gasteiger partial charge < -0.3 is 10.6 Å². The van der Waals surface area contributed by atoms with Crippen molar-refractivity contribution in [1.82, 2.24) is 0 Å². The molecule has 0 atom stereocenters. The van der Waals surface area contributed by atoms with Crippen molar-refractivity contribution >= 4 is 27.5 Å². The molecule has 5 heteroatoms. The second kappa shape index (κ2) is 4.39. The van der Waals surface area contributed by atoms with Crippen LogP contribution in [0.15, 0.2) is 21.8 Å². The largest absolute Gasteiger partial charge is 0.364 e. The van der Waals surface area contributed by atoms with Crippen molar-refractivity contribution in [2.24, 2.45) is 5.73 Å². The molecule has 0 saturated carbocycles. The molecular formula is C13H14BrFN2O. The highest BCUT2D eigenvalue weighted by molar-refractivity contribution is 9.10. The highest BCUT2D eigenvalue weighted by Gasteiger charge is 2.28. The number of fused-ring (bicyclic) bond motifs is 1. The zero-order valence-corrected chi connectivity index (χ0v) is 12.1. The van der Waals surface area contributed by atoms with E-state index in [0.717, 1.165) is 16.8 Å². The summed E-state index contributed by atoms with van der Waals surface area (Å²) in [6.45, 7) is 3.59. The lowest BCUT2D eigenvalue weighted by molar-refractivity contribution is -0.114. The Hall–Kier alpha value is -1.36. The first-order valence-electron chi connectivity index (χ1n) is 5.55. The quantitative estimate of drug-likeness (QED) is 0.866. The molecule has 0 radical (unpaired) electrons. The van der Waals surface area contributed by atoms with Gasteiger partial charge in [0.25, 0.3) is 5.91 Å². The number of hydrogen-bond acceptors (Lipinski definition) is 2. The lowest BCUT2D eigenvalue weighted by atomic mass is 9.93. The van der Waals surface area contributed by atoms with E-state index >= 15 is 0 Å². The Bertz CT molecular complexity index is 581. The van der Waals surface area contributed by atoms with E-state index in [-0.39, 0.29) is 5.82 Å². The number of halogens is 2. The Morgan fingerprint density at radius 1 is 1.50 bits per heavy atom. The van der Waals surface area contributed by atoms with Gasteiger partial charge >= 0.3 is 0 Å². The van der Waals surface area contributed by atoms with Crippen LogP contribution in [0.4, 0.5) is 10.1 Å². The van der Waals surface area contributed by atoms with Crippen molar-refractivity contribution in [1.29, 1.82) is 0 Å². The number of amides is 1. The normalized spacial score (nSPS) is 14.8. The number of rotatable bonds is 1. The number of carbonyl (C=O) groups excluding carboxylic acids is 1. The Kier molecular flexibility index (Phi) is 3.19. The second-order valence-corrected chi connectivity index (χ2v) is 5.38. The summed E-state index contributed by atoms with van der Waals surface area (Å²) >= 11 is 3.35. The van der Waals surface area contributed by atoms with E-state index < -0.39 is 5.91 Å². The maximum absolute atomic E-state index is 13.7.